The molecule has 0 amide bonds. The summed E-state index contributed by atoms with van der Waals surface area (Å²) in [7, 11) is 0. The van der Waals surface area contributed by atoms with Gasteiger partial charge in [0.15, 0.2) is 0 Å². The van der Waals surface area contributed by atoms with Crippen LogP contribution in [0.3, 0.4) is 0 Å². The molecule has 4 N–H and O–H groups in total. The van der Waals surface area contributed by atoms with Crippen LogP contribution in [0.2, 0.25) is 0 Å². The molecule has 1 aromatic carbocycles. The molecule has 0 aliphatic carbocycles. The summed E-state index contributed by atoms with van der Waals surface area (Å²) in [4.78, 5) is 26.8. The van der Waals surface area contributed by atoms with Crippen LogP contribution in [0.15, 0.2) is 36.4 Å². The number of hydrogen-bond donors (Lipinski definition) is 3. The Morgan fingerprint density at radius 3 is 2.65 bits per heavy atom. The summed E-state index contributed by atoms with van der Waals surface area (Å²) in [5.74, 6) is -0.937. The highest BCUT2D eigenvalue weighted by molar-refractivity contribution is 7.13. The molecule has 2 aromatic rings. The van der Waals surface area contributed by atoms with E-state index in [1.54, 1.807) is 30.3 Å². The summed E-state index contributed by atoms with van der Waals surface area (Å²) in [6, 6.07) is 9.48. The van der Waals surface area contributed by atoms with Crippen molar-refractivity contribution in [1.82, 2.24) is 4.90 Å². The fraction of sp³-hybridized carbons (Fsp3) is 0.278. The van der Waals surface area contributed by atoms with Crippen molar-refractivity contribution in [3.63, 3.8) is 0 Å². The summed E-state index contributed by atoms with van der Waals surface area (Å²) in [6.45, 7) is 1.26. The molecule has 0 unspecified atom stereocenters. The number of nitrogens with zero attached hydrogens (tertiary/aromatic N) is 1. The number of carboxylic acid groups (broad SMARTS) is 1. The number of hydrogen-bond acceptors (Lipinski definition) is 6. The molecule has 1 fully saturated rings. The van der Waals surface area contributed by atoms with Crippen molar-refractivity contribution < 1.29 is 19.4 Å². The second-order valence-corrected chi connectivity index (χ2v) is 7.23. The van der Waals surface area contributed by atoms with Crippen LogP contribution in [0.25, 0.3) is 0 Å². The standard InChI is InChI=1S/C18H19N3O4S/c19-16(20)11-3-5-12(6-4-11)25-18(24)15-8-7-13(26-15)10-21-9-1-2-14(21)17(22)23/h3-8,14H,1-2,9-10H2,(H3,19,20)(H,22,23)/t14-/m0/s1. The molecule has 136 valence electrons. The molecule has 0 spiro atoms. The van der Waals surface area contributed by atoms with Gasteiger partial charge in [-0.15, -0.1) is 11.3 Å². The number of benzene rings is 1. The Morgan fingerprint density at radius 1 is 1.27 bits per heavy atom. The van der Waals surface area contributed by atoms with Crippen LogP contribution in [0, 0.1) is 5.41 Å². The molecular formula is C18H19N3O4S. The number of nitrogens with two attached hydrogens (primary N) is 1. The van der Waals surface area contributed by atoms with Crippen molar-refractivity contribution in [2.75, 3.05) is 6.54 Å². The van der Waals surface area contributed by atoms with Crippen molar-refractivity contribution in [3.8, 4) is 5.75 Å². The molecule has 1 aromatic heterocycles. The third-order valence-corrected chi connectivity index (χ3v) is 5.30. The first-order valence-corrected chi connectivity index (χ1v) is 8.98. The molecule has 7 nitrogen and oxygen atoms in total. The molecule has 0 radical (unpaired) electrons. The van der Waals surface area contributed by atoms with Crippen molar-refractivity contribution in [2.24, 2.45) is 5.73 Å². The molecule has 1 atom stereocenters. The van der Waals surface area contributed by atoms with E-state index >= 15 is 0 Å². The quantitative estimate of drug-likeness (QED) is 0.310. The van der Waals surface area contributed by atoms with E-state index in [1.807, 2.05) is 11.0 Å². The lowest BCUT2D eigenvalue weighted by Crippen LogP contribution is -2.35. The lowest BCUT2D eigenvalue weighted by Gasteiger charge is -2.19. The van der Waals surface area contributed by atoms with Gasteiger partial charge in [0.05, 0.1) is 0 Å². The molecule has 8 heteroatoms. The predicted molar refractivity (Wildman–Crippen MR) is 97.8 cm³/mol. The van der Waals surface area contributed by atoms with Gasteiger partial charge in [-0.1, -0.05) is 0 Å². The number of nitrogen functional groups attached to an aromatic ring is 1. The third kappa shape index (κ3) is 4.09. The summed E-state index contributed by atoms with van der Waals surface area (Å²) < 4.78 is 5.33. The highest BCUT2D eigenvalue weighted by atomic mass is 32.1. The van der Waals surface area contributed by atoms with E-state index in [9.17, 15) is 14.7 Å². The number of thiophene rings is 1. The van der Waals surface area contributed by atoms with Gasteiger partial charge in [0.1, 0.15) is 22.5 Å². The number of rotatable bonds is 6. The topological polar surface area (TPSA) is 117 Å². The maximum Gasteiger partial charge on any atom is 0.353 e. The van der Waals surface area contributed by atoms with Gasteiger partial charge < -0.3 is 15.6 Å². The lowest BCUT2D eigenvalue weighted by atomic mass is 10.2. The van der Waals surface area contributed by atoms with Crippen LogP contribution in [0.4, 0.5) is 0 Å². The van der Waals surface area contributed by atoms with Gasteiger partial charge in [-0.2, -0.15) is 0 Å². The van der Waals surface area contributed by atoms with Gasteiger partial charge in [0.25, 0.3) is 0 Å². The van der Waals surface area contributed by atoms with Crippen LogP contribution in [0.5, 0.6) is 5.75 Å². The van der Waals surface area contributed by atoms with E-state index in [0.29, 0.717) is 29.2 Å². The number of carboxylic acids is 1. The Morgan fingerprint density at radius 2 is 2.00 bits per heavy atom. The number of ether oxygens (including phenoxy) is 1. The minimum atomic E-state index is -0.798. The molecule has 26 heavy (non-hydrogen) atoms. The first-order valence-electron chi connectivity index (χ1n) is 8.16. The zero-order chi connectivity index (χ0) is 18.7. The van der Waals surface area contributed by atoms with Crippen LogP contribution >= 0.6 is 11.3 Å². The minimum Gasteiger partial charge on any atom is -0.480 e. The summed E-state index contributed by atoms with van der Waals surface area (Å²) in [5.41, 5.74) is 5.95. The molecule has 1 aliphatic rings. The summed E-state index contributed by atoms with van der Waals surface area (Å²) >= 11 is 1.31. The highest BCUT2D eigenvalue weighted by Crippen LogP contribution is 2.25. The summed E-state index contributed by atoms with van der Waals surface area (Å²) in [5, 5.41) is 16.6. The van der Waals surface area contributed by atoms with Gasteiger partial charge in [-0.05, 0) is 55.8 Å². The number of aliphatic carboxylic acids is 1. The minimum absolute atomic E-state index is 0.0487. The molecule has 2 heterocycles. The SMILES string of the molecule is N=C(N)c1ccc(OC(=O)c2ccc(CN3CCC[C@H]3C(=O)O)s2)cc1. The van der Waals surface area contributed by atoms with E-state index in [0.717, 1.165) is 17.8 Å². The van der Waals surface area contributed by atoms with E-state index in [2.05, 4.69) is 0 Å². The average Bonchev–Trinajstić information content (AvgIpc) is 3.25. The average molecular weight is 373 g/mol. The largest absolute Gasteiger partial charge is 0.480 e. The van der Waals surface area contributed by atoms with Gasteiger partial charge in [0, 0.05) is 17.0 Å². The predicted octanol–water partition coefficient (Wildman–Crippen LogP) is 2.30. The van der Waals surface area contributed by atoms with Gasteiger partial charge in [-0.25, -0.2) is 4.79 Å². The normalized spacial score (nSPS) is 17.2. The third-order valence-electron chi connectivity index (χ3n) is 4.25. The Hall–Kier alpha value is -2.71. The second-order valence-electron chi connectivity index (χ2n) is 6.06. The Labute approximate surface area is 154 Å². The zero-order valence-corrected chi connectivity index (χ0v) is 14.8. The molecule has 1 saturated heterocycles. The monoisotopic (exact) mass is 373 g/mol. The Bertz CT molecular complexity index is 831. The molecular weight excluding hydrogens is 354 g/mol. The fourth-order valence-electron chi connectivity index (χ4n) is 2.93. The molecule has 3 rings (SSSR count). The fourth-order valence-corrected chi connectivity index (χ4v) is 3.84. The number of amidine groups is 1. The van der Waals surface area contributed by atoms with E-state index in [1.165, 1.54) is 11.3 Å². The van der Waals surface area contributed by atoms with Crippen LogP contribution in [-0.2, 0) is 11.3 Å². The van der Waals surface area contributed by atoms with Gasteiger partial charge >= 0.3 is 11.9 Å². The Kier molecular flexibility index (Phi) is 5.34. The van der Waals surface area contributed by atoms with Crippen LogP contribution < -0.4 is 10.5 Å². The smallest absolute Gasteiger partial charge is 0.353 e. The first-order chi connectivity index (χ1) is 12.4. The van der Waals surface area contributed by atoms with Crippen molar-refractivity contribution in [3.05, 3.63) is 51.7 Å². The number of nitrogens with one attached hydrogen (secondary N) is 1. The molecule has 1 aliphatic heterocycles. The van der Waals surface area contributed by atoms with Gasteiger partial charge in [-0.3, -0.25) is 15.1 Å². The Balaban J connectivity index is 1.62. The van der Waals surface area contributed by atoms with E-state index in [4.69, 9.17) is 15.9 Å². The van der Waals surface area contributed by atoms with E-state index in [-0.39, 0.29) is 5.84 Å². The number of likely N-dealkylation sites (tertiary alicyclic amines) is 1. The first kappa shape index (κ1) is 18.1. The van der Waals surface area contributed by atoms with Crippen molar-refractivity contribution in [2.45, 2.75) is 25.4 Å². The van der Waals surface area contributed by atoms with Crippen LogP contribution in [-0.4, -0.2) is 40.4 Å². The number of carbonyl (C=O) groups excluding carboxylic acids is 1. The van der Waals surface area contributed by atoms with Crippen molar-refractivity contribution >= 4 is 29.1 Å². The number of carbonyl (C=O) groups is 2. The highest BCUT2D eigenvalue weighted by Gasteiger charge is 2.30. The van der Waals surface area contributed by atoms with Crippen LogP contribution in [0.1, 0.15) is 33.0 Å². The molecule has 0 bridgehead atoms. The number of esters is 1. The lowest BCUT2D eigenvalue weighted by molar-refractivity contribution is -0.142. The maximum atomic E-state index is 12.3. The maximum absolute atomic E-state index is 12.3. The summed E-state index contributed by atoms with van der Waals surface area (Å²) in [6.07, 6.45) is 1.53. The molecule has 0 saturated carbocycles. The zero-order valence-electron chi connectivity index (χ0n) is 14.0. The van der Waals surface area contributed by atoms with E-state index < -0.39 is 18.0 Å². The second kappa shape index (κ2) is 7.67. The van der Waals surface area contributed by atoms with Gasteiger partial charge in [0.2, 0.25) is 0 Å². The van der Waals surface area contributed by atoms with Crippen molar-refractivity contribution in [1.29, 1.82) is 5.41 Å².